The van der Waals surface area contributed by atoms with Crippen LogP contribution < -0.4 is 5.32 Å². The van der Waals surface area contributed by atoms with Crippen molar-refractivity contribution >= 4 is 5.91 Å². The molecule has 1 aliphatic rings. The lowest BCUT2D eigenvalue weighted by Gasteiger charge is -2.25. The number of amides is 1. The van der Waals surface area contributed by atoms with Crippen LogP contribution in [0.4, 0.5) is 13.2 Å². The molecule has 6 nitrogen and oxygen atoms in total. The van der Waals surface area contributed by atoms with Crippen LogP contribution in [-0.2, 0) is 17.5 Å². The molecule has 27 heavy (non-hydrogen) atoms. The summed E-state index contributed by atoms with van der Waals surface area (Å²) in [7, 11) is 2.03. The molecule has 2 aromatic heterocycles. The average Bonchev–Trinajstić information content (AvgIpc) is 3.17. The Labute approximate surface area is 155 Å². The Morgan fingerprint density at radius 1 is 1.41 bits per heavy atom. The number of halogens is 3. The van der Waals surface area contributed by atoms with Gasteiger partial charge >= 0.3 is 6.18 Å². The highest BCUT2D eigenvalue weighted by Gasteiger charge is 2.35. The average molecular weight is 381 g/mol. The Morgan fingerprint density at radius 2 is 2.19 bits per heavy atom. The van der Waals surface area contributed by atoms with Gasteiger partial charge in [0.1, 0.15) is 6.54 Å². The summed E-state index contributed by atoms with van der Waals surface area (Å²) in [5, 5.41) is 6.33. The summed E-state index contributed by atoms with van der Waals surface area (Å²) in [6.07, 6.45) is -0.0445. The maximum Gasteiger partial charge on any atom is 0.435 e. The Hall–Kier alpha value is -2.42. The lowest BCUT2D eigenvalue weighted by Crippen LogP contribution is -2.34. The van der Waals surface area contributed by atoms with E-state index in [2.05, 4.69) is 20.3 Å². The van der Waals surface area contributed by atoms with E-state index in [1.54, 1.807) is 6.20 Å². The molecule has 3 rings (SSSR count). The predicted molar refractivity (Wildman–Crippen MR) is 92.7 cm³/mol. The van der Waals surface area contributed by atoms with Crippen molar-refractivity contribution in [3.05, 3.63) is 47.5 Å². The monoisotopic (exact) mass is 381 g/mol. The van der Waals surface area contributed by atoms with Gasteiger partial charge in [0.15, 0.2) is 5.69 Å². The Bertz CT molecular complexity index is 790. The number of nitrogens with one attached hydrogen (secondary N) is 1. The van der Waals surface area contributed by atoms with Crippen LogP contribution in [0, 0.1) is 12.8 Å². The van der Waals surface area contributed by atoms with Crippen LogP contribution in [0.15, 0.2) is 30.6 Å². The second kappa shape index (κ2) is 7.67. The van der Waals surface area contributed by atoms with Crippen LogP contribution in [0.2, 0.25) is 0 Å². The van der Waals surface area contributed by atoms with Gasteiger partial charge < -0.3 is 5.32 Å². The van der Waals surface area contributed by atoms with E-state index in [0.717, 1.165) is 29.3 Å². The smallest absolute Gasteiger partial charge is 0.354 e. The molecule has 1 amide bonds. The number of nitrogens with zero attached hydrogens (tertiary/aromatic N) is 4. The third kappa shape index (κ3) is 4.47. The molecule has 0 aliphatic carbocycles. The van der Waals surface area contributed by atoms with Gasteiger partial charge in [-0.15, -0.1) is 0 Å². The van der Waals surface area contributed by atoms with E-state index in [0.29, 0.717) is 12.2 Å². The molecule has 3 heterocycles. The van der Waals surface area contributed by atoms with Gasteiger partial charge in [0.25, 0.3) is 0 Å². The first kappa shape index (κ1) is 19.3. The molecule has 1 saturated heterocycles. The lowest BCUT2D eigenvalue weighted by molar-refractivity contribution is -0.141. The van der Waals surface area contributed by atoms with E-state index in [4.69, 9.17) is 0 Å². The number of hydrogen-bond donors (Lipinski definition) is 1. The van der Waals surface area contributed by atoms with Crippen molar-refractivity contribution in [2.45, 2.75) is 32.1 Å². The standard InChI is InChI=1S/C18H22F3N5O/c1-12-8-15(18(19,20)21)24-26(12)11-16(27)23-10-14-5-7-25(2)17(14)13-4-3-6-22-9-13/h3-4,6,8-9,14,17H,5,7,10-11H2,1-2H3,(H,23,27)/t14-,17-/m0/s1. The van der Waals surface area contributed by atoms with Crippen molar-refractivity contribution in [2.24, 2.45) is 5.92 Å². The number of carbonyl (C=O) groups excluding carboxylic acids is 1. The largest absolute Gasteiger partial charge is 0.435 e. The first-order valence-corrected chi connectivity index (χ1v) is 8.74. The fourth-order valence-electron chi connectivity index (χ4n) is 3.56. The number of carbonyl (C=O) groups is 1. The highest BCUT2D eigenvalue weighted by Crippen LogP contribution is 2.35. The van der Waals surface area contributed by atoms with Gasteiger partial charge in [0, 0.05) is 30.7 Å². The van der Waals surface area contributed by atoms with Crippen molar-refractivity contribution in [3.63, 3.8) is 0 Å². The summed E-state index contributed by atoms with van der Waals surface area (Å²) in [6, 6.07) is 5.00. The molecule has 0 aromatic carbocycles. The van der Waals surface area contributed by atoms with Gasteiger partial charge in [-0.1, -0.05) is 6.07 Å². The Kier molecular flexibility index (Phi) is 5.50. The molecule has 146 valence electrons. The van der Waals surface area contributed by atoms with Gasteiger partial charge in [0.05, 0.1) is 0 Å². The zero-order valence-corrected chi connectivity index (χ0v) is 15.2. The minimum Gasteiger partial charge on any atom is -0.354 e. The second-order valence-electron chi connectivity index (χ2n) is 6.89. The Balaban J connectivity index is 1.60. The normalized spacial score (nSPS) is 20.8. The van der Waals surface area contributed by atoms with E-state index >= 15 is 0 Å². The summed E-state index contributed by atoms with van der Waals surface area (Å²) >= 11 is 0. The zero-order chi connectivity index (χ0) is 19.6. The Morgan fingerprint density at radius 3 is 2.81 bits per heavy atom. The van der Waals surface area contributed by atoms with Crippen molar-refractivity contribution in [1.82, 2.24) is 25.0 Å². The summed E-state index contributed by atoms with van der Waals surface area (Å²) in [5.74, 6) is -0.137. The van der Waals surface area contributed by atoms with Gasteiger partial charge in [-0.25, -0.2) is 0 Å². The van der Waals surface area contributed by atoms with E-state index in [1.165, 1.54) is 6.92 Å². The third-order valence-corrected chi connectivity index (χ3v) is 4.93. The van der Waals surface area contributed by atoms with E-state index in [-0.39, 0.29) is 24.4 Å². The first-order valence-electron chi connectivity index (χ1n) is 8.74. The molecule has 0 bridgehead atoms. The van der Waals surface area contributed by atoms with Gasteiger partial charge in [-0.05, 0) is 50.6 Å². The van der Waals surface area contributed by atoms with E-state index in [1.807, 2.05) is 25.4 Å². The van der Waals surface area contributed by atoms with Crippen molar-refractivity contribution < 1.29 is 18.0 Å². The SMILES string of the molecule is Cc1cc(C(F)(F)F)nn1CC(=O)NC[C@@H]1CCN(C)[C@H]1c1cccnc1. The molecule has 1 aliphatic heterocycles. The number of pyridine rings is 1. The summed E-state index contributed by atoms with van der Waals surface area (Å²) in [4.78, 5) is 18.6. The number of alkyl halides is 3. The number of likely N-dealkylation sites (tertiary alicyclic amines) is 1. The fraction of sp³-hybridized carbons (Fsp3) is 0.500. The van der Waals surface area contributed by atoms with Crippen LogP contribution in [0.3, 0.4) is 0 Å². The predicted octanol–water partition coefficient (Wildman–Crippen LogP) is 2.41. The molecular formula is C18H22F3N5O. The minimum absolute atomic E-state index is 0.155. The topological polar surface area (TPSA) is 63.1 Å². The summed E-state index contributed by atoms with van der Waals surface area (Å²) < 4.78 is 39.3. The molecule has 9 heteroatoms. The fourth-order valence-corrected chi connectivity index (χ4v) is 3.56. The second-order valence-corrected chi connectivity index (χ2v) is 6.89. The molecule has 0 radical (unpaired) electrons. The molecule has 2 aromatic rings. The zero-order valence-electron chi connectivity index (χ0n) is 15.2. The highest BCUT2D eigenvalue weighted by atomic mass is 19.4. The number of aryl methyl sites for hydroxylation is 1. The van der Waals surface area contributed by atoms with Crippen LogP contribution in [-0.4, -0.2) is 45.7 Å². The van der Waals surface area contributed by atoms with Gasteiger partial charge in [0.2, 0.25) is 5.91 Å². The lowest BCUT2D eigenvalue weighted by atomic mass is 9.95. The van der Waals surface area contributed by atoms with Crippen LogP contribution in [0.1, 0.15) is 29.4 Å². The minimum atomic E-state index is -4.52. The highest BCUT2D eigenvalue weighted by molar-refractivity contribution is 5.75. The summed E-state index contributed by atoms with van der Waals surface area (Å²) in [6.45, 7) is 2.63. The summed E-state index contributed by atoms with van der Waals surface area (Å²) in [5.41, 5.74) is 0.405. The maximum atomic E-state index is 12.7. The van der Waals surface area contributed by atoms with E-state index in [9.17, 15) is 18.0 Å². The van der Waals surface area contributed by atoms with Crippen LogP contribution in [0.5, 0.6) is 0 Å². The number of rotatable bonds is 5. The van der Waals surface area contributed by atoms with Crippen LogP contribution in [0.25, 0.3) is 0 Å². The molecule has 0 saturated carbocycles. The van der Waals surface area contributed by atoms with E-state index < -0.39 is 11.9 Å². The third-order valence-electron chi connectivity index (χ3n) is 4.93. The molecule has 1 N–H and O–H groups in total. The van der Waals surface area contributed by atoms with Gasteiger partial charge in [-0.2, -0.15) is 18.3 Å². The first-order chi connectivity index (χ1) is 12.8. The number of aromatic nitrogens is 3. The molecular weight excluding hydrogens is 359 g/mol. The quantitative estimate of drug-likeness (QED) is 0.864. The number of hydrogen-bond acceptors (Lipinski definition) is 4. The van der Waals surface area contributed by atoms with Crippen molar-refractivity contribution in [3.8, 4) is 0 Å². The maximum absolute atomic E-state index is 12.7. The van der Waals surface area contributed by atoms with Crippen molar-refractivity contribution in [1.29, 1.82) is 0 Å². The molecule has 0 spiro atoms. The molecule has 0 unspecified atom stereocenters. The molecule has 1 fully saturated rings. The van der Waals surface area contributed by atoms with Gasteiger partial charge in [-0.3, -0.25) is 19.4 Å². The molecule has 2 atom stereocenters. The van der Waals surface area contributed by atoms with Crippen molar-refractivity contribution in [2.75, 3.05) is 20.1 Å². The van der Waals surface area contributed by atoms with Crippen LogP contribution >= 0.6 is 0 Å².